The lowest BCUT2D eigenvalue weighted by Gasteiger charge is -2.36. The number of ether oxygens (including phenoxy) is 1. The minimum atomic E-state index is -1.08. The number of rotatable bonds is 2. The summed E-state index contributed by atoms with van der Waals surface area (Å²) >= 11 is 0. The van der Waals surface area contributed by atoms with Crippen LogP contribution in [0.4, 0.5) is 4.79 Å². The number of carbonyl (C=O) groups is 2. The molecule has 0 aromatic heterocycles. The third kappa shape index (κ3) is 3.16. The van der Waals surface area contributed by atoms with Crippen LogP contribution >= 0.6 is 0 Å². The molecule has 108 valence electrons. The third-order valence-electron chi connectivity index (χ3n) is 3.83. The normalized spacial score (nSPS) is 30.1. The van der Waals surface area contributed by atoms with Crippen molar-refractivity contribution in [2.75, 3.05) is 19.8 Å². The van der Waals surface area contributed by atoms with Crippen LogP contribution in [0.2, 0.25) is 0 Å². The highest BCUT2D eigenvalue weighted by molar-refractivity contribution is 5.83. The number of aliphatic hydroxyl groups is 1. The van der Waals surface area contributed by atoms with Gasteiger partial charge >= 0.3 is 12.0 Å². The molecule has 2 rings (SSSR count). The van der Waals surface area contributed by atoms with Crippen LogP contribution in [-0.4, -0.2) is 64.6 Å². The fourth-order valence-electron chi connectivity index (χ4n) is 2.55. The molecule has 7 nitrogen and oxygen atoms in total. The Balaban J connectivity index is 2.00. The summed E-state index contributed by atoms with van der Waals surface area (Å²) in [5.41, 5.74) is -0.369. The van der Waals surface area contributed by atoms with E-state index in [1.165, 1.54) is 4.90 Å². The van der Waals surface area contributed by atoms with E-state index in [2.05, 4.69) is 5.32 Å². The van der Waals surface area contributed by atoms with Crippen LogP contribution < -0.4 is 5.32 Å². The zero-order valence-corrected chi connectivity index (χ0v) is 11.0. The Hall–Kier alpha value is -1.34. The molecule has 3 N–H and O–H groups in total. The Morgan fingerprint density at radius 1 is 1.37 bits per heavy atom. The van der Waals surface area contributed by atoms with Crippen LogP contribution in [0, 0.1) is 0 Å². The number of urea groups is 1. The molecule has 0 saturated carbocycles. The first kappa shape index (κ1) is 14.1. The number of β-amino-alcohol motifs (C(OH)–C–C–N with tert-alkyl or cyclic N) is 1. The van der Waals surface area contributed by atoms with E-state index >= 15 is 0 Å². The number of hydrogen-bond acceptors (Lipinski definition) is 4. The molecule has 0 bridgehead atoms. The third-order valence-corrected chi connectivity index (χ3v) is 3.83. The molecule has 2 aliphatic rings. The highest BCUT2D eigenvalue weighted by atomic mass is 16.5. The van der Waals surface area contributed by atoms with Gasteiger partial charge in [0.2, 0.25) is 0 Å². The monoisotopic (exact) mass is 272 g/mol. The molecule has 7 heteroatoms. The number of aliphatic carboxylic acids is 1. The van der Waals surface area contributed by atoms with Crippen molar-refractivity contribution in [2.45, 2.75) is 43.9 Å². The topological polar surface area (TPSA) is 99.1 Å². The van der Waals surface area contributed by atoms with Gasteiger partial charge in [-0.25, -0.2) is 9.59 Å². The largest absolute Gasteiger partial charge is 0.480 e. The maximum absolute atomic E-state index is 12.2. The summed E-state index contributed by atoms with van der Waals surface area (Å²) in [6, 6.07) is -1.37. The quantitative estimate of drug-likeness (QED) is 0.645. The van der Waals surface area contributed by atoms with Crippen LogP contribution in [-0.2, 0) is 9.53 Å². The predicted molar refractivity (Wildman–Crippen MR) is 65.7 cm³/mol. The van der Waals surface area contributed by atoms with Gasteiger partial charge in [-0.15, -0.1) is 0 Å². The molecule has 2 amide bonds. The van der Waals surface area contributed by atoms with Crippen LogP contribution in [0.1, 0.15) is 26.2 Å². The summed E-state index contributed by atoms with van der Waals surface area (Å²) in [6.45, 7) is 3.16. The van der Waals surface area contributed by atoms with E-state index in [0.717, 1.165) is 0 Å². The maximum atomic E-state index is 12.2. The van der Waals surface area contributed by atoms with E-state index in [9.17, 15) is 14.7 Å². The molecule has 2 saturated heterocycles. The summed E-state index contributed by atoms with van der Waals surface area (Å²) < 4.78 is 5.25. The Labute approximate surface area is 111 Å². The van der Waals surface area contributed by atoms with Gasteiger partial charge < -0.3 is 25.2 Å². The molecule has 1 unspecified atom stereocenters. The van der Waals surface area contributed by atoms with Gasteiger partial charge in [-0.2, -0.15) is 0 Å². The van der Waals surface area contributed by atoms with Crippen molar-refractivity contribution in [3.8, 4) is 0 Å². The van der Waals surface area contributed by atoms with Gasteiger partial charge in [0.1, 0.15) is 6.04 Å². The molecule has 2 aliphatic heterocycles. The standard InChI is InChI=1S/C12H20N2O5/c1-12(2-4-19-5-3-12)13-11(18)14-7-8(15)6-9(14)10(16)17/h8-9,15H,2-7H2,1H3,(H,13,18)(H,16,17)/t8?,9-/m0/s1. The smallest absolute Gasteiger partial charge is 0.326 e. The number of hydrogen-bond donors (Lipinski definition) is 3. The predicted octanol–water partition coefficient (Wildman–Crippen LogP) is -0.215. The van der Waals surface area contributed by atoms with E-state index in [4.69, 9.17) is 9.84 Å². The maximum Gasteiger partial charge on any atom is 0.326 e. The minimum absolute atomic E-state index is 0.0649. The first-order chi connectivity index (χ1) is 8.91. The molecule has 0 radical (unpaired) electrons. The highest BCUT2D eigenvalue weighted by Crippen LogP contribution is 2.23. The zero-order valence-electron chi connectivity index (χ0n) is 11.0. The first-order valence-electron chi connectivity index (χ1n) is 6.49. The molecule has 2 atom stereocenters. The Morgan fingerprint density at radius 3 is 2.58 bits per heavy atom. The van der Waals surface area contributed by atoms with E-state index in [1.54, 1.807) is 0 Å². The lowest BCUT2D eigenvalue weighted by atomic mass is 9.93. The van der Waals surface area contributed by atoms with E-state index in [1.807, 2.05) is 6.92 Å². The van der Waals surface area contributed by atoms with Crippen molar-refractivity contribution in [3.63, 3.8) is 0 Å². The van der Waals surface area contributed by atoms with E-state index in [0.29, 0.717) is 26.1 Å². The second-order valence-electron chi connectivity index (χ2n) is 5.50. The highest BCUT2D eigenvalue weighted by Gasteiger charge is 2.41. The fourth-order valence-corrected chi connectivity index (χ4v) is 2.55. The summed E-state index contributed by atoms with van der Waals surface area (Å²) in [4.78, 5) is 24.5. The number of nitrogens with zero attached hydrogens (tertiary/aromatic N) is 1. The fraction of sp³-hybridized carbons (Fsp3) is 0.833. The van der Waals surface area contributed by atoms with Crippen molar-refractivity contribution in [1.82, 2.24) is 10.2 Å². The van der Waals surface area contributed by atoms with E-state index < -0.39 is 24.1 Å². The van der Waals surface area contributed by atoms with Gasteiger partial charge in [-0.05, 0) is 19.8 Å². The molecule has 19 heavy (non-hydrogen) atoms. The Kier molecular flexibility index (Phi) is 3.96. The number of carboxylic acids is 1. The molecular weight excluding hydrogens is 252 g/mol. The molecule has 2 heterocycles. The SMILES string of the molecule is CC1(NC(=O)N2CC(O)C[C@H]2C(=O)O)CCOCC1. The minimum Gasteiger partial charge on any atom is -0.480 e. The second kappa shape index (κ2) is 5.34. The molecule has 2 fully saturated rings. The molecule has 0 aromatic rings. The molecule has 0 aromatic carbocycles. The van der Waals surface area contributed by atoms with E-state index in [-0.39, 0.29) is 18.5 Å². The molecule has 0 aliphatic carbocycles. The summed E-state index contributed by atoms with van der Waals surface area (Å²) in [6.07, 6.45) is 0.719. The molecule has 0 spiro atoms. The van der Waals surface area contributed by atoms with Crippen LogP contribution in [0.5, 0.6) is 0 Å². The average Bonchev–Trinajstić information content (AvgIpc) is 2.72. The van der Waals surface area contributed by atoms with Gasteiger partial charge in [0.25, 0.3) is 0 Å². The number of amides is 2. The van der Waals surface area contributed by atoms with Crippen molar-refractivity contribution in [2.24, 2.45) is 0 Å². The first-order valence-corrected chi connectivity index (χ1v) is 6.49. The summed E-state index contributed by atoms with van der Waals surface area (Å²) in [7, 11) is 0. The van der Waals surface area contributed by atoms with Gasteiger partial charge in [-0.1, -0.05) is 0 Å². The van der Waals surface area contributed by atoms with Gasteiger partial charge in [-0.3, -0.25) is 0 Å². The van der Waals surface area contributed by atoms with Gasteiger partial charge in [0.05, 0.1) is 6.10 Å². The van der Waals surface area contributed by atoms with Crippen LogP contribution in [0.15, 0.2) is 0 Å². The lowest BCUT2D eigenvalue weighted by molar-refractivity contribution is -0.141. The number of likely N-dealkylation sites (tertiary alicyclic amines) is 1. The van der Waals surface area contributed by atoms with Crippen molar-refractivity contribution in [3.05, 3.63) is 0 Å². The van der Waals surface area contributed by atoms with Crippen molar-refractivity contribution < 1.29 is 24.5 Å². The summed E-state index contributed by atoms with van der Waals surface area (Å²) in [5, 5.41) is 21.5. The number of carboxylic acid groups (broad SMARTS) is 1. The average molecular weight is 272 g/mol. The van der Waals surface area contributed by atoms with Crippen LogP contribution in [0.3, 0.4) is 0 Å². The summed E-state index contributed by atoms with van der Waals surface area (Å²) in [5.74, 6) is -1.08. The van der Waals surface area contributed by atoms with Crippen LogP contribution in [0.25, 0.3) is 0 Å². The van der Waals surface area contributed by atoms with Crippen molar-refractivity contribution >= 4 is 12.0 Å². The Morgan fingerprint density at radius 2 is 2.00 bits per heavy atom. The molecular formula is C12H20N2O5. The second-order valence-corrected chi connectivity index (χ2v) is 5.50. The van der Waals surface area contributed by atoms with Gasteiger partial charge in [0.15, 0.2) is 0 Å². The number of aliphatic hydroxyl groups excluding tert-OH is 1. The van der Waals surface area contributed by atoms with Crippen molar-refractivity contribution in [1.29, 1.82) is 0 Å². The number of nitrogens with one attached hydrogen (secondary N) is 1. The Bertz CT molecular complexity index is 367. The number of carbonyl (C=O) groups excluding carboxylic acids is 1. The zero-order chi connectivity index (χ0) is 14.0. The van der Waals surface area contributed by atoms with Gasteiger partial charge in [0, 0.05) is 31.7 Å². The lowest BCUT2D eigenvalue weighted by Crippen LogP contribution is -2.56.